The molecule has 0 saturated carbocycles. The lowest BCUT2D eigenvalue weighted by atomic mass is 10.0. The van der Waals surface area contributed by atoms with Gasteiger partial charge in [0.15, 0.2) is 0 Å². The molecule has 4 rings (SSSR count). The monoisotopic (exact) mass is 482 g/mol. The molecule has 1 heterocycles. The van der Waals surface area contributed by atoms with E-state index in [4.69, 9.17) is 9.47 Å². The fourth-order valence-electron chi connectivity index (χ4n) is 3.91. The van der Waals surface area contributed by atoms with Crippen molar-refractivity contribution in [2.45, 2.75) is 43.7 Å². The van der Waals surface area contributed by atoms with Crippen LogP contribution >= 0.6 is 0 Å². The molecule has 8 heteroatoms. The van der Waals surface area contributed by atoms with Gasteiger partial charge >= 0.3 is 0 Å². The van der Waals surface area contributed by atoms with E-state index >= 15 is 0 Å². The van der Waals surface area contributed by atoms with Gasteiger partial charge in [0.1, 0.15) is 18.4 Å². The van der Waals surface area contributed by atoms with Crippen LogP contribution in [0.15, 0.2) is 71.6 Å². The molecule has 34 heavy (non-hydrogen) atoms. The Morgan fingerprint density at radius 3 is 2.59 bits per heavy atom. The van der Waals surface area contributed by atoms with E-state index in [0.29, 0.717) is 18.0 Å². The summed E-state index contributed by atoms with van der Waals surface area (Å²) in [5.41, 5.74) is 0.533. The number of rotatable bonds is 9. The normalized spacial score (nSPS) is 17.1. The molecule has 0 radical (unpaired) electrons. The van der Waals surface area contributed by atoms with Crippen molar-refractivity contribution in [3.05, 3.63) is 66.7 Å². The molecule has 1 amide bonds. The van der Waals surface area contributed by atoms with Crippen molar-refractivity contribution in [2.24, 2.45) is 5.92 Å². The Bertz CT molecular complexity index is 1250. The predicted molar refractivity (Wildman–Crippen MR) is 132 cm³/mol. The molecule has 2 atom stereocenters. The summed E-state index contributed by atoms with van der Waals surface area (Å²) >= 11 is 0. The topological polar surface area (TPSA) is 93.7 Å². The summed E-state index contributed by atoms with van der Waals surface area (Å²) in [6.45, 7) is 4.82. The highest BCUT2D eigenvalue weighted by Crippen LogP contribution is 2.22. The number of ether oxygens (including phenoxy) is 2. The first kappa shape index (κ1) is 24.2. The number of hydrogen-bond donors (Lipinski definition) is 2. The van der Waals surface area contributed by atoms with Gasteiger partial charge in [-0.1, -0.05) is 50.2 Å². The van der Waals surface area contributed by atoms with Crippen molar-refractivity contribution in [3.63, 3.8) is 0 Å². The molecule has 3 aromatic rings. The fourth-order valence-corrected chi connectivity index (χ4v) is 5.29. The number of nitrogens with one attached hydrogen (secondary N) is 2. The molecule has 3 aromatic carbocycles. The van der Waals surface area contributed by atoms with Crippen molar-refractivity contribution in [3.8, 4) is 5.75 Å². The van der Waals surface area contributed by atoms with Crippen molar-refractivity contribution in [2.75, 3.05) is 18.5 Å². The van der Waals surface area contributed by atoms with Crippen molar-refractivity contribution in [1.29, 1.82) is 0 Å². The Morgan fingerprint density at radius 2 is 1.85 bits per heavy atom. The Morgan fingerprint density at radius 1 is 1.06 bits per heavy atom. The summed E-state index contributed by atoms with van der Waals surface area (Å²) in [7, 11) is -3.91. The molecule has 1 fully saturated rings. The molecular weight excluding hydrogens is 452 g/mol. The third-order valence-corrected chi connectivity index (χ3v) is 7.26. The van der Waals surface area contributed by atoms with Gasteiger partial charge in [-0.05, 0) is 53.8 Å². The van der Waals surface area contributed by atoms with Crippen molar-refractivity contribution in [1.82, 2.24) is 4.72 Å². The molecule has 7 nitrogen and oxygen atoms in total. The lowest BCUT2D eigenvalue weighted by Gasteiger charge is -2.22. The molecule has 2 unspecified atom stereocenters. The van der Waals surface area contributed by atoms with Gasteiger partial charge in [0.25, 0.3) is 0 Å². The summed E-state index contributed by atoms with van der Waals surface area (Å²) in [6.07, 6.45) is 2.10. The van der Waals surface area contributed by atoms with Crippen LogP contribution in [0, 0.1) is 5.92 Å². The maximum absolute atomic E-state index is 13.1. The van der Waals surface area contributed by atoms with Crippen LogP contribution in [0.1, 0.15) is 26.7 Å². The van der Waals surface area contributed by atoms with Crippen LogP contribution in [0.4, 0.5) is 5.69 Å². The lowest BCUT2D eigenvalue weighted by molar-refractivity contribution is -0.118. The number of fused-ring (bicyclic) bond motifs is 1. The second-order valence-electron chi connectivity index (χ2n) is 8.82. The minimum Gasteiger partial charge on any atom is -0.491 e. The smallest absolute Gasteiger partial charge is 0.242 e. The van der Waals surface area contributed by atoms with Crippen LogP contribution in [-0.2, 0) is 19.6 Å². The van der Waals surface area contributed by atoms with E-state index in [1.54, 1.807) is 50.2 Å². The molecule has 1 aliphatic rings. The summed E-state index contributed by atoms with van der Waals surface area (Å²) in [4.78, 5) is 13.2. The number of carbonyl (C=O) groups excluding carboxylic acids is 1. The number of anilines is 1. The van der Waals surface area contributed by atoms with E-state index in [2.05, 4.69) is 10.0 Å². The SMILES string of the molecule is CC(C)C(NS(=O)(=O)c1ccc2ccccc2c1)C(=O)Nc1cccc(OCC2CCCO2)c1. The standard InChI is InChI=1S/C26H30N2O5S/c1-18(2)25(28-34(30,31)24-13-12-19-7-3-4-8-20(19)15-24)26(29)27-21-9-5-10-22(16-21)33-17-23-11-6-14-32-23/h3-5,7-10,12-13,15-16,18,23,25,28H,6,11,14,17H2,1-2H3,(H,27,29). The Kier molecular flexibility index (Phi) is 7.50. The highest BCUT2D eigenvalue weighted by atomic mass is 32.2. The minimum atomic E-state index is -3.91. The van der Waals surface area contributed by atoms with Gasteiger partial charge in [-0.25, -0.2) is 8.42 Å². The van der Waals surface area contributed by atoms with Gasteiger partial charge in [0.2, 0.25) is 15.9 Å². The average Bonchev–Trinajstić information content (AvgIpc) is 3.35. The highest BCUT2D eigenvalue weighted by Gasteiger charge is 2.28. The van der Waals surface area contributed by atoms with Crippen LogP contribution in [0.5, 0.6) is 5.75 Å². The molecule has 0 aromatic heterocycles. The van der Waals surface area contributed by atoms with Gasteiger partial charge in [-0.3, -0.25) is 4.79 Å². The van der Waals surface area contributed by atoms with Gasteiger partial charge < -0.3 is 14.8 Å². The van der Waals surface area contributed by atoms with Gasteiger partial charge in [0, 0.05) is 18.4 Å². The maximum atomic E-state index is 13.1. The van der Waals surface area contributed by atoms with Crippen LogP contribution in [0.3, 0.4) is 0 Å². The van der Waals surface area contributed by atoms with Crippen LogP contribution in [-0.4, -0.2) is 39.7 Å². The maximum Gasteiger partial charge on any atom is 0.242 e. The van der Waals surface area contributed by atoms with Crippen molar-refractivity contribution >= 4 is 32.4 Å². The van der Waals surface area contributed by atoms with Crippen LogP contribution in [0.2, 0.25) is 0 Å². The van der Waals surface area contributed by atoms with Gasteiger partial charge in [-0.2, -0.15) is 4.72 Å². The number of benzene rings is 3. The quantitative estimate of drug-likeness (QED) is 0.473. The van der Waals surface area contributed by atoms with Crippen LogP contribution < -0.4 is 14.8 Å². The molecule has 180 valence electrons. The first-order valence-electron chi connectivity index (χ1n) is 11.5. The zero-order valence-corrected chi connectivity index (χ0v) is 20.2. The summed E-state index contributed by atoms with van der Waals surface area (Å²) < 4.78 is 40.1. The minimum absolute atomic E-state index is 0.0908. The summed E-state index contributed by atoms with van der Waals surface area (Å²) in [5, 5.41) is 4.58. The predicted octanol–water partition coefficient (Wildman–Crippen LogP) is 4.34. The van der Waals surface area contributed by atoms with Crippen LogP contribution in [0.25, 0.3) is 10.8 Å². The number of amides is 1. The Labute approximate surface area is 200 Å². The van der Waals surface area contributed by atoms with E-state index in [1.165, 1.54) is 0 Å². The molecule has 0 spiro atoms. The molecule has 2 N–H and O–H groups in total. The molecule has 1 aliphatic heterocycles. The van der Waals surface area contributed by atoms with Gasteiger partial charge in [0.05, 0.1) is 11.0 Å². The van der Waals surface area contributed by atoms with E-state index in [-0.39, 0.29) is 16.9 Å². The van der Waals surface area contributed by atoms with E-state index in [9.17, 15) is 13.2 Å². The zero-order chi connectivity index (χ0) is 24.1. The zero-order valence-electron chi connectivity index (χ0n) is 19.4. The first-order valence-corrected chi connectivity index (χ1v) is 13.0. The molecule has 1 saturated heterocycles. The average molecular weight is 483 g/mol. The highest BCUT2D eigenvalue weighted by molar-refractivity contribution is 7.89. The molecule has 0 aliphatic carbocycles. The second-order valence-corrected chi connectivity index (χ2v) is 10.5. The van der Waals surface area contributed by atoms with E-state index in [1.807, 2.05) is 30.3 Å². The lowest BCUT2D eigenvalue weighted by Crippen LogP contribution is -2.47. The van der Waals surface area contributed by atoms with E-state index < -0.39 is 22.0 Å². The number of carbonyl (C=O) groups is 1. The first-order chi connectivity index (χ1) is 16.3. The summed E-state index contributed by atoms with van der Waals surface area (Å²) in [5.74, 6) is -0.0871. The largest absolute Gasteiger partial charge is 0.491 e. The summed E-state index contributed by atoms with van der Waals surface area (Å²) in [6, 6.07) is 18.6. The molecule has 0 bridgehead atoms. The van der Waals surface area contributed by atoms with Gasteiger partial charge in [-0.15, -0.1) is 0 Å². The van der Waals surface area contributed by atoms with E-state index in [0.717, 1.165) is 30.2 Å². The fraction of sp³-hybridized carbons (Fsp3) is 0.346. The molecular formula is C26H30N2O5S. The Balaban J connectivity index is 1.45. The Hall–Kier alpha value is -2.94. The third-order valence-electron chi connectivity index (χ3n) is 5.82. The second kappa shape index (κ2) is 10.5. The number of sulfonamides is 1. The third kappa shape index (κ3) is 5.94. The number of hydrogen-bond acceptors (Lipinski definition) is 5. The van der Waals surface area contributed by atoms with Crippen molar-refractivity contribution < 1.29 is 22.7 Å².